The molecule has 2 rings (SSSR count). The monoisotopic (exact) mass is 217 g/mol. The van der Waals surface area contributed by atoms with Crippen molar-refractivity contribution in [3.63, 3.8) is 0 Å². The second-order valence-corrected chi connectivity index (χ2v) is 4.29. The Morgan fingerprint density at radius 3 is 2.81 bits per heavy atom. The molecule has 0 atom stereocenters. The van der Waals surface area contributed by atoms with Crippen molar-refractivity contribution < 1.29 is 5.11 Å². The van der Waals surface area contributed by atoms with Crippen molar-refractivity contribution in [1.29, 1.82) is 0 Å². The maximum absolute atomic E-state index is 8.92. The van der Waals surface area contributed by atoms with Crippen LogP contribution in [0.3, 0.4) is 0 Å². The summed E-state index contributed by atoms with van der Waals surface area (Å²) < 4.78 is 0. The smallest absolute Gasteiger partial charge is 0.0459 e. The number of rotatable bonds is 4. The van der Waals surface area contributed by atoms with Crippen LogP contribution in [0.15, 0.2) is 18.2 Å². The van der Waals surface area contributed by atoms with Crippen LogP contribution in [-0.4, -0.2) is 16.7 Å². The van der Waals surface area contributed by atoms with Gasteiger partial charge in [0.1, 0.15) is 0 Å². The molecule has 86 valence electrons. The molecular formula is C14H19NO. The van der Waals surface area contributed by atoms with E-state index in [-0.39, 0.29) is 6.61 Å². The average Bonchev–Trinajstić information content (AvgIpc) is 2.61. The molecule has 2 aromatic rings. The second-order valence-electron chi connectivity index (χ2n) is 4.29. The van der Waals surface area contributed by atoms with Crippen molar-refractivity contribution in [2.75, 3.05) is 6.61 Å². The number of fused-ring (bicyclic) bond motifs is 1. The number of nitrogens with one attached hydrogen (secondary N) is 1. The molecule has 0 saturated carbocycles. The second kappa shape index (κ2) is 4.71. The van der Waals surface area contributed by atoms with Crippen LogP contribution in [0, 0.1) is 6.92 Å². The molecule has 1 heterocycles. The molecule has 0 radical (unpaired) electrons. The van der Waals surface area contributed by atoms with Crippen molar-refractivity contribution in [2.24, 2.45) is 0 Å². The fourth-order valence-corrected chi connectivity index (χ4v) is 2.23. The number of aliphatic hydroxyl groups is 1. The SMILES string of the molecule is CCc1ccc2[nH]c(C)c(CCCO)c2c1. The first-order chi connectivity index (χ1) is 7.76. The van der Waals surface area contributed by atoms with Gasteiger partial charge in [0.2, 0.25) is 0 Å². The number of aliphatic hydroxyl groups excluding tert-OH is 1. The van der Waals surface area contributed by atoms with Gasteiger partial charge in [-0.25, -0.2) is 0 Å². The third-order valence-corrected chi connectivity index (χ3v) is 3.18. The highest BCUT2D eigenvalue weighted by Crippen LogP contribution is 2.24. The first kappa shape index (κ1) is 11.2. The minimum atomic E-state index is 0.263. The van der Waals surface area contributed by atoms with Crippen LogP contribution < -0.4 is 0 Å². The zero-order chi connectivity index (χ0) is 11.5. The molecule has 0 bridgehead atoms. The first-order valence-electron chi connectivity index (χ1n) is 5.97. The largest absolute Gasteiger partial charge is 0.396 e. The molecule has 0 spiro atoms. The van der Waals surface area contributed by atoms with Crippen LogP contribution in [-0.2, 0) is 12.8 Å². The molecule has 0 amide bonds. The van der Waals surface area contributed by atoms with Gasteiger partial charge < -0.3 is 10.1 Å². The summed E-state index contributed by atoms with van der Waals surface area (Å²) >= 11 is 0. The fraction of sp³-hybridized carbons (Fsp3) is 0.429. The Morgan fingerprint density at radius 1 is 1.31 bits per heavy atom. The molecule has 0 unspecified atom stereocenters. The summed E-state index contributed by atoms with van der Waals surface area (Å²) in [6, 6.07) is 6.60. The van der Waals surface area contributed by atoms with E-state index in [0.717, 1.165) is 19.3 Å². The van der Waals surface area contributed by atoms with Crippen LogP contribution in [0.2, 0.25) is 0 Å². The molecule has 1 aromatic heterocycles. The van der Waals surface area contributed by atoms with Crippen molar-refractivity contribution in [3.8, 4) is 0 Å². The quantitative estimate of drug-likeness (QED) is 0.811. The Bertz CT molecular complexity index is 485. The van der Waals surface area contributed by atoms with E-state index in [9.17, 15) is 0 Å². The number of aromatic amines is 1. The van der Waals surface area contributed by atoms with Gasteiger partial charge in [-0.3, -0.25) is 0 Å². The third kappa shape index (κ3) is 1.98. The summed E-state index contributed by atoms with van der Waals surface area (Å²) in [5, 5.41) is 10.2. The lowest BCUT2D eigenvalue weighted by Crippen LogP contribution is -1.90. The predicted molar refractivity (Wildman–Crippen MR) is 67.8 cm³/mol. The minimum Gasteiger partial charge on any atom is -0.396 e. The van der Waals surface area contributed by atoms with Crippen LogP contribution in [0.25, 0.3) is 10.9 Å². The molecule has 2 N–H and O–H groups in total. The van der Waals surface area contributed by atoms with Crippen LogP contribution >= 0.6 is 0 Å². The highest BCUT2D eigenvalue weighted by Gasteiger charge is 2.08. The molecule has 0 aliphatic carbocycles. The average molecular weight is 217 g/mol. The van der Waals surface area contributed by atoms with Crippen molar-refractivity contribution >= 4 is 10.9 Å². The normalized spacial score (nSPS) is 11.2. The zero-order valence-corrected chi connectivity index (χ0v) is 10.0. The van der Waals surface area contributed by atoms with Gasteiger partial charge in [0.05, 0.1) is 0 Å². The summed E-state index contributed by atoms with van der Waals surface area (Å²) in [6.07, 6.45) is 2.86. The van der Waals surface area contributed by atoms with Crippen LogP contribution in [0.1, 0.15) is 30.2 Å². The van der Waals surface area contributed by atoms with Gasteiger partial charge in [-0.15, -0.1) is 0 Å². The van der Waals surface area contributed by atoms with Gasteiger partial charge in [-0.05, 0) is 49.4 Å². The van der Waals surface area contributed by atoms with E-state index in [0.29, 0.717) is 0 Å². The van der Waals surface area contributed by atoms with Crippen LogP contribution in [0.4, 0.5) is 0 Å². The van der Waals surface area contributed by atoms with E-state index in [1.54, 1.807) is 0 Å². The third-order valence-electron chi connectivity index (χ3n) is 3.18. The van der Waals surface area contributed by atoms with E-state index in [1.807, 2.05) is 0 Å². The Balaban J connectivity index is 2.48. The standard InChI is InChI=1S/C14H19NO/c1-3-11-6-7-14-13(9-11)12(5-4-8-16)10(2)15-14/h6-7,9,15-16H,3-5,8H2,1-2H3. The van der Waals surface area contributed by atoms with E-state index in [1.165, 1.54) is 27.7 Å². The summed E-state index contributed by atoms with van der Waals surface area (Å²) in [4.78, 5) is 3.41. The van der Waals surface area contributed by atoms with Gasteiger partial charge in [0.15, 0.2) is 0 Å². The molecule has 0 fully saturated rings. The molecule has 0 aliphatic rings. The molecule has 0 aliphatic heterocycles. The van der Waals surface area contributed by atoms with E-state index in [4.69, 9.17) is 5.11 Å². The predicted octanol–water partition coefficient (Wildman–Crippen LogP) is 2.96. The number of aromatic nitrogens is 1. The molecule has 2 heteroatoms. The Labute approximate surface area is 96.3 Å². The molecule has 16 heavy (non-hydrogen) atoms. The fourth-order valence-electron chi connectivity index (χ4n) is 2.23. The van der Waals surface area contributed by atoms with Gasteiger partial charge in [0, 0.05) is 23.2 Å². The molecule has 0 saturated heterocycles. The number of hydrogen-bond acceptors (Lipinski definition) is 1. The highest BCUT2D eigenvalue weighted by atomic mass is 16.2. The minimum absolute atomic E-state index is 0.263. The topological polar surface area (TPSA) is 36.0 Å². The maximum atomic E-state index is 8.92. The van der Waals surface area contributed by atoms with Crippen molar-refractivity contribution in [3.05, 3.63) is 35.0 Å². The van der Waals surface area contributed by atoms with E-state index >= 15 is 0 Å². The van der Waals surface area contributed by atoms with E-state index in [2.05, 4.69) is 37.0 Å². The number of aryl methyl sites for hydroxylation is 3. The first-order valence-corrected chi connectivity index (χ1v) is 5.97. The van der Waals surface area contributed by atoms with Gasteiger partial charge in [-0.2, -0.15) is 0 Å². The van der Waals surface area contributed by atoms with Gasteiger partial charge >= 0.3 is 0 Å². The highest BCUT2D eigenvalue weighted by molar-refractivity contribution is 5.85. The molecule has 2 nitrogen and oxygen atoms in total. The summed E-state index contributed by atoms with van der Waals surface area (Å²) in [5.74, 6) is 0. The lowest BCUT2D eigenvalue weighted by atomic mass is 10.0. The Morgan fingerprint density at radius 2 is 2.12 bits per heavy atom. The number of hydrogen-bond donors (Lipinski definition) is 2. The number of benzene rings is 1. The lowest BCUT2D eigenvalue weighted by Gasteiger charge is -2.01. The van der Waals surface area contributed by atoms with Gasteiger partial charge in [-0.1, -0.05) is 13.0 Å². The molecule has 1 aromatic carbocycles. The Kier molecular flexibility index (Phi) is 3.30. The lowest BCUT2D eigenvalue weighted by molar-refractivity contribution is 0.288. The van der Waals surface area contributed by atoms with Crippen molar-refractivity contribution in [2.45, 2.75) is 33.1 Å². The maximum Gasteiger partial charge on any atom is 0.0459 e. The summed E-state index contributed by atoms with van der Waals surface area (Å²) in [7, 11) is 0. The summed E-state index contributed by atoms with van der Waals surface area (Å²) in [5.41, 5.74) is 5.18. The van der Waals surface area contributed by atoms with Crippen molar-refractivity contribution in [1.82, 2.24) is 4.98 Å². The zero-order valence-electron chi connectivity index (χ0n) is 10.0. The van der Waals surface area contributed by atoms with Gasteiger partial charge in [0.25, 0.3) is 0 Å². The van der Waals surface area contributed by atoms with E-state index < -0.39 is 0 Å². The summed E-state index contributed by atoms with van der Waals surface area (Å²) in [6.45, 7) is 4.55. The van der Waals surface area contributed by atoms with Crippen LogP contribution in [0.5, 0.6) is 0 Å². The molecular weight excluding hydrogens is 198 g/mol. The Hall–Kier alpha value is -1.28. The number of H-pyrrole nitrogens is 1.